The Hall–Kier alpha value is -1.76. The summed E-state index contributed by atoms with van der Waals surface area (Å²) in [4.78, 5) is 25.3. The van der Waals surface area contributed by atoms with E-state index in [0.717, 1.165) is 0 Å². The monoisotopic (exact) mass is 212 g/mol. The van der Waals surface area contributed by atoms with Crippen molar-refractivity contribution in [3.63, 3.8) is 0 Å². The molecule has 0 fully saturated rings. The molecule has 7 nitrogen and oxygen atoms in total. The molecule has 0 bridgehead atoms. The van der Waals surface area contributed by atoms with Gasteiger partial charge in [0.05, 0.1) is 0 Å². The Morgan fingerprint density at radius 2 is 2.00 bits per heavy atom. The maximum atomic E-state index is 11.5. The topological polar surface area (TPSA) is 99.2 Å². The normalized spacial score (nSPS) is 19.7. The van der Waals surface area contributed by atoms with Crippen LogP contribution >= 0.6 is 0 Å². The second kappa shape index (κ2) is 3.13. The number of nitrogens with one attached hydrogen (secondary N) is 3. The first kappa shape index (κ1) is 9.78. The summed E-state index contributed by atoms with van der Waals surface area (Å²) in [5.41, 5.74) is -0.217. The molecule has 0 spiro atoms. The molecule has 2 heterocycles. The van der Waals surface area contributed by atoms with Crippen LogP contribution in [0.3, 0.4) is 0 Å². The fourth-order valence-corrected chi connectivity index (χ4v) is 1.61. The number of hydrogen-bond donors (Lipinski definition) is 4. The number of nitrogens with zero attached hydrogens (tertiary/aromatic N) is 1. The zero-order chi connectivity index (χ0) is 11.2. The maximum Gasteiger partial charge on any atom is 0.328 e. The molecule has 1 atom stereocenters. The van der Waals surface area contributed by atoms with Gasteiger partial charge in [0.15, 0.2) is 0 Å². The van der Waals surface area contributed by atoms with E-state index >= 15 is 0 Å². The van der Waals surface area contributed by atoms with Gasteiger partial charge in [-0.15, -0.1) is 0 Å². The lowest BCUT2D eigenvalue weighted by Gasteiger charge is -2.22. The zero-order valence-electron chi connectivity index (χ0n) is 8.37. The van der Waals surface area contributed by atoms with Gasteiger partial charge in [0.1, 0.15) is 11.5 Å². The molecule has 1 amide bonds. The molecule has 82 valence electrons. The molecule has 4 N–H and O–H groups in total. The molecule has 1 unspecified atom stereocenters. The highest BCUT2D eigenvalue weighted by molar-refractivity contribution is 5.98. The van der Waals surface area contributed by atoms with E-state index in [1.807, 2.05) is 13.8 Å². The quantitative estimate of drug-likeness (QED) is 0.489. The molecule has 15 heavy (non-hydrogen) atoms. The Balaban J connectivity index is 2.61. The van der Waals surface area contributed by atoms with Gasteiger partial charge in [-0.3, -0.25) is 14.3 Å². The molecule has 0 aromatic carbocycles. The molecule has 2 rings (SSSR count). The van der Waals surface area contributed by atoms with E-state index in [4.69, 9.17) is 0 Å². The molecule has 0 aliphatic carbocycles. The number of aromatic nitrogens is 2. The van der Waals surface area contributed by atoms with E-state index in [1.54, 1.807) is 0 Å². The number of aromatic amines is 1. The minimum absolute atomic E-state index is 0.0944. The second-order valence-corrected chi connectivity index (χ2v) is 3.64. The lowest BCUT2D eigenvalue weighted by Crippen LogP contribution is -2.45. The number of carbonyl (C=O) groups excluding carboxylic acids is 1. The third-order valence-electron chi connectivity index (χ3n) is 2.21. The first-order valence-electron chi connectivity index (χ1n) is 4.60. The Labute approximate surface area is 85.1 Å². The number of aliphatic hydroxyl groups is 1. The van der Waals surface area contributed by atoms with E-state index in [-0.39, 0.29) is 17.4 Å². The van der Waals surface area contributed by atoms with Gasteiger partial charge in [-0.05, 0) is 13.8 Å². The van der Waals surface area contributed by atoms with Crippen LogP contribution in [0.1, 0.15) is 30.4 Å². The number of carbonyl (C=O) groups is 1. The molecule has 1 aliphatic rings. The number of amides is 1. The Bertz CT molecular complexity index is 459. The fourth-order valence-electron chi connectivity index (χ4n) is 1.61. The van der Waals surface area contributed by atoms with E-state index in [1.165, 1.54) is 4.57 Å². The summed E-state index contributed by atoms with van der Waals surface area (Å²) in [5, 5.41) is 14.1. The number of H-pyrrole nitrogens is 1. The zero-order valence-corrected chi connectivity index (χ0v) is 8.37. The summed E-state index contributed by atoms with van der Waals surface area (Å²) in [6.07, 6.45) is -1.16. The summed E-state index contributed by atoms with van der Waals surface area (Å²) < 4.78 is 1.39. The van der Waals surface area contributed by atoms with Gasteiger partial charge in [0.2, 0.25) is 6.35 Å². The Kier molecular flexibility index (Phi) is 2.04. The number of rotatable bonds is 1. The second-order valence-electron chi connectivity index (χ2n) is 3.64. The van der Waals surface area contributed by atoms with Gasteiger partial charge in [-0.25, -0.2) is 4.79 Å². The molecule has 7 heteroatoms. The van der Waals surface area contributed by atoms with E-state index < -0.39 is 12.3 Å². The third-order valence-corrected chi connectivity index (χ3v) is 2.21. The number of hydrogen-bond acceptors (Lipinski definition) is 4. The van der Waals surface area contributed by atoms with Crippen molar-refractivity contribution >= 4 is 11.7 Å². The Morgan fingerprint density at radius 3 is 2.60 bits per heavy atom. The third kappa shape index (κ3) is 1.40. The van der Waals surface area contributed by atoms with Crippen molar-refractivity contribution in [3.8, 4) is 0 Å². The first-order chi connectivity index (χ1) is 7.00. The number of anilines is 1. The molecular formula is C8H12N4O3. The van der Waals surface area contributed by atoms with Crippen LogP contribution in [-0.4, -0.2) is 26.9 Å². The predicted octanol–water partition coefficient (Wildman–Crippen LogP) is -0.812. The largest absolute Gasteiger partial charge is 0.356 e. The highest BCUT2D eigenvalue weighted by atomic mass is 16.3. The molecule has 0 saturated carbocycles. The molecule has 0 saturated heterocycles. The molecule has 0 radical (unpaired) electrons. The van der Waals surface area contributed by atoms with Crippen molar-refractivity contribution in [2.45, 2.75) is 26.2 Å². The van der Waals surface area contributed by atoms with Crippen LogP contribution in [0.25, 0.3) is 0 Å². The predicted molar refractivity (Wildman–Crippen MR) is 52.5 cm³/mol. The average molecular weight is 212 g/mol. The minimum atomic E-state index is -1.16. The maximum absolute atomic E-state index is 11.5. The number of fused-ring (bicyclic) bond motifs is 1. The van der Waals surface area contributed by atoms with E-state index in [9.17, 15) is 14.7 Å². The van der Waals surface area contributed by atoms with Crippen molar-refractivity contribution in [3.05, 3.63) is 16.2 Å². The standard InChI is InChI=1S/C8H12N4O3/c1-3(2)12-5-4(9-8(12)15)6(13)11-7(14)10-5/h3,7,10,14H,1-2H3,(H,9,15)(H,11,13). The van der Waals surface area contributed by atoms with Crippen molar-refractivity contribution < 1.29 is 9.90 Å². The van der Waals surface area contributed by atoms with Gasteiger partial charge in [0, 0.05) is 6.04 Å². The number of imidazole rings is 1. The highest BCUT2D eigenvalue weighted by Crippen LogP contribution is 2.19. The van der Waals surface area contributed by atoms with Crippen LogP contribution in [-0.2, 0) is 0 Å². The number of aliphatic hydroxyl groups excluding tert-OH is 1. The molecule has 1 aliphatic heterocycles. The summed E-state index contributed by atoms with van der Waals surface area (Å²) in [5.74, 6) is -0.168. The molecule has 1 aromatic rings. The Morgan fingerprint density at radius 1 is 1.33 bits per heavy atom. The van der Waals surface area contributed by atoms with Crippen LogP contribution in [0.2, 0.25) is 0 Å². The molecular weight excluding hydrogens is 200 g/mol. The van der Waals surface area contributed by atoms with Gasteiger partial charge in [0.25, 0.3) is 5.91 Å². The van der Waals surface area contributed by atoms with Crippen LogP contribution in [0.4, 0.5) is 5.82 Å². The van der Waals surface area contributed by atoms with Gasteiger partial charge < -0.3 is 15.7 Å². The minimum Gasteiger partial charge on any atom is -0.356 e. The van der Waals surface area contributed by atoms with Crippen LogP contribution < -0.4 is 16.3 Å². The van der Waals surface area contributed by atoms with Crippen molar-refractivity contribution in [2.24, 2.45) is 0 Å². The lowest BCUT2D eigenvalue weighted by atomic mass is 10.3. The fraction of sp³-hybridized carbons (Fsp3) is 0.500. The van der Waals surface area contributed by atoms with Crippen LogP contribution in [0, 0.1) is 0 Å². The van der Waals surface area contributed by atoms with Crippen molar-refractivity contribution in [2.75, 3.05) is 5.32 Å². The summed E-state index contributed by atoms with van der Waals surface area (Å²) >= 11 is 0. The van der Waals surface area contributed by atoms with Crippen LogP contribution in [0.15, 0.2) is 4.79 Å². The van der Waals surface area contributed by atoms with Gasteiger partial charge in [-0.1, -0.05) is 0 Å². The molecule has 1 aromatic heterocycles. The first-order valence-corrected chi connectivity index (χ1v) is 4.60. The van der Waals surface area contributed by atoms with E-state index in [2.05, 4.69) is 15.6 Å². The summed E-state index contributed by atoms with van der Waals surface area (Å²) in [6.45, 7) is 3.63. The van der Waals surface area contributed by atoms with Crippen LogP contribution in [0.5, 0.6) is 0 Å². The summed E-state index contributed by atoms with van der Waals surface area (Å²) in [6, 6.07) is -0.0944. The smallest absolute Gasteiger partial charge is 0.328 e. The van der Waals surface area contributed by atoms with Gasteiger partial charge >= 0.3 is 5.69 Å². The highest BCUT2D eigenvalue weighted by Gasteiger charge is 2.28. The van der Waals surface area contributed by atoms with E-state index in [0.29, 0.717) is 5.82 Å². The van der Waals surface area contributed by atoms with Crippen molar-refractivity contribution in [1.82, 2.24) is 14.9 Å². The average Bonchev–Trinajstić information content (AvgIpc) is 2.41. The SMILES string of the molecule is CC(C)n1c2c([nH]c1=O)C(=O)NC(O)N2. The van der Waals surface area contributed by atoms with Gasteiger partial charge in [-0.2, -0.15) is 0 Å². The lowest BCUT2D eigenvalue weighted by molar-refractivity contribution is 0.0806. The summed E-state index contributed by atoms with van der Waals surface area (Å²) in [7, 11) is 0. The van der Waals surface area contributed by atoms with Crippen molar-refractivity contribution in [1.29, 1.82) is 0 Å².